The summed E-state index contributed by atoms with van der Waals surface area (Å²) < 4.78 is 7.19. The van der Waals surface area contributed by atoms with Crippen LogP contribution < -0.4 is 11.3 Å². The molecule has 0 saturated heterocycles. The smallest absolute Gasteiger partial charge is 0.0958 e. The number of hydrogen-bond donors (Lipinski definition) is 2. The minimum absolute atomic E-state index is 0.234. The highest BCUT2D eigenvalue weighted by Gasteiger charge is 2.09. The molecule has 1 atom stereocenters. The molecule has 1 aromatic heterocycles. The Morgan fingerprint density at radius 1 is 1.44 bits per heavy atom. The van der Waals surface area contributed by atoms with Crippen LogP contribution >= 0.6 is 0 Å². The molecule has 1 unspecified atom stereocenters. The Bertz CT molecular complexity index is 483. The molecule has 5 heteroatoms. The number of nitrogens with two attached hydrogens (primary N) is 1. The number of hydrogen-bond acceptors (Lipinski definition) is 4. The summed E-state index contributed by atoms with van der Waals surface area (Å²) in [4.78, 5) is 4.37. The summed E-state index contributed by atoms with van der Waals surface area (Å²) in [5, 5.41) is 0. The molecule has 1 aromatic carbocycles. The monoisotopic (exact) mass is 248 g/mol. The van der Waals surface area contributed by atoms with Gasteiger partial charge in [0.15, 0.2) is 0 Å². The molecule has 0 saturated carbocycles. The molecule has 0 aliphatic rings. The van der Waals surface area contributed by atoms with E-state index < -0.39 is 0 Å². The summed E-state index contributed by atoms with van der Waals surface area (Å²) >= 11 is 0. The molecule has 1 heterocycles. The third kappa shape index (κ3) is 3.07. The first-order valence-electron chi connectivity index (χ1n) is 6.20. The van der Waals surface area contributed by atoms with Crippen LogP contribution in [0.1, 0.15) is 12.8 Å². The van der Waals surface area contributed by atoms with Gasteiger partial charge in [-0.15, -0.1) is 0 Å². The molecule has 5 nitrogen and oxygen atoms in total. The van der Waals surface area contributed by atoms with E-state index in [1.165, 1.54) is 0 Å². The number of fused-ring (bicyclic) bond motifs is 1. The molecule has 0 radical (unpaired) electrons. The van der Waals surface area contributed by atoms with Crippen molar-refractivity contribution in [1.82, 2.24) is 15.0 Å². The van der Waals surface area contributed by atoms with E-state index in [1.807, 2.05) is 24.5 Å². The van der Waals surface area contributed by atoms with E-state index in [1.54, 1.807) is 7.11 Å². The lowest BCUT2D eigenvalue weighted by Gasteiger charge is -2.16. The first kappa shape index (κ1) is 13.0. The maximum atomic E-state index is 5.59. The van der Waals surface area contributed by atoms with Gasteiger partial charge in [-0.1, -0.05) is 12.1 Å². The molecule has 2 rings (SSSR count). The predicted octanol–water partition coefficient (Wildman–Crippen LogP) is 1.29. The van der Waals surface area contributed by atoms with Crippen LogP contribution in [0, 0.1) is 0 Å². The second kappa shape index (κ2) is 6.49. The average molecular weight is 248 g/mol. The molecular formula is C13H20N4O. The van der Waals surface area contributed by atoms with Gasteiger partial charge in [-0.05, 0) is 25.0 Å². The lowest BCUT2D eigenvalue weighted by atomic mass is 10.1. The van der Waals surface area contributed by atoms with Gasteiger partial charge in [-0.25, -0.2) is 4.98 Å². The van der Waals surface area contributed by atoms with Gasteiger partial charge in [0, 0.05) is 26.3 Å². The molecule has 3 N–H and O–H groups in total. The van der Waals surface area contributed by atoms with Crippen molar-refractivity contribution in [2.24, 2.45) is 5.84 Å². The summed E-state index contributed by atoms with van der Waals surface area (Å²) in [6, 6.07) is 8.35. The Kier molecular flexibility index (Phi) is 4.69. The molecule has 2 aromatic rings. The number of nitrogens with zero attached hydrogens (tertiary/aromatic N) is 2. The molecule has 0 fully saturated rings. The minimum Gasteiger partial charge on any atom is -0.385 e. The number of benzene rings is 1. The number of nitrogens with one attached hydrogen (secondary N) is 1. The number of hydrazine groups is 1. The van der Waals surface area contributed by atoms with Gasteiger partial charge in [0.05, 0.1) is 17.4 Å². The molecule has 0 bridgehead atoms. The molecule has 0 aliphatic carbocycles. The van der Waals surface area contributed by atoms with Gasteiger partial charge < -0.3 is 9.30 Å². The fourth-order valence-electron chi connectivity index (χ4n) is 2.09. The number of rotatable bonds is 7. The highest BCUT2D eigenvalue weighted by Crippen LogP contribution is 2.13. The second-order valence-electron chi connectivity index (χ2n) is 4.38. The Hall–Kier alpha value is -1.43. The van der Waals surface area contributed by atoms with Crippen molar-refractivity contribution >= 4 is 11.0 Å². The van der Waals surface area contributed by atoms with Crippen molar-refractivity contribution in [3.05, 3.63) is 30.6 Å². The van der Waals surface area contributed by atoms with Gasteiger partial charge in [-0.3, -0.25) is 11.3 Å². The van der Waals surface area contributed by atoms with Crippen molar-refractivity contribution in [2.45, 2.75) is 25.4 Å². The van der Waals surface area contributed by atoms with Crippen molar-refractivity contribution < 1.29 is 4.74 Å². The second-order valence-corrected chi connectivity index (χ2v) is 4.38. The van der Waals surface area contributed by atoms with Crippen LogP contribution in [0.4, 0.5) is 0 Å². The van der Waals surface area contributed by atoms with E-state index in [4.69, 9.17) is 10.6 Å². The van der Waals surface area contributed by atoms with E-state index in [-0.39, 0.29) is 6.04 Å². The third-order valence-electron chi connectivity index (χ3n) is 3.08. The molecule has 0 amide bonds. The maximum Gasteiger partial charge on any atom is 0.0958 e. The first-order chi connectivity index (χ1) is 8.85. The Morgan fingerprint density at radius 3 is 3.06 bits per heavy atom. The number of methoxy groups -OCH3 is 1. The maximum absolute atomic E-state index is 5.59. The SMILES string of the molecule is COCCCC(Cn1cnc2ccccc21)NN. The summed E-state index contributed by atoms with van der Waals surface area (Å²) in [6.07, 6.45) is 3.85. The first-order valence-corrected chi connectivity index (χ1v) is 6.20. The van der Waals surface area contributed by atoms with E-state index in [2.05, 4.69) is 21.0 Å². The third-order valence-corrected chi connectivity index (χ3v) is 3.08. The van der Waals surface area contributed by atoms with Gasteiger partial charge >= 0.3 is 0 Å². The van der Waals surface area contributed by atoms with Crippen molar-refractivity contribution in [3.8, 4) is 0 Å². The summed E-state index contributed by atoms with van der Waals surface area (Å²) in [5.41, 5.74) is 5.02. The van der Waals surface area contributed by atoms with Gasteiger partial charge in [-0.2, -0.15) is 0 Å². The molecule has 0 aliphatic heterocycles. The zero-order valence-corrected chi connectivity index (χ0v) is 10.7. The van der Waals surface area contributed by atoms with Crippen LogP contribution in [-0.4, -0.2) is 29.3 Å². The van der Waals surface area contributed by atoms with Crippen LogP contribution in [0.15, 0.2) is 30.6 Å². The average Bonchev–Trinajstić information content (AvgIpc) is 2.81. The summed E-state index contributed by atoms with van der Waals surface area (Å²) in [6.45, 7) is 1.59. The standard InChI is InChI=1S/C13H20N4O/c1-18-8-4-5-11(16-14)9-17-10-15-12-6-2-3-7-13(12)17/h2-3,6-7,10-11,16H,4-5,8-9,14H2,1H3. The van der Waals surface area contributed by atoms with Gasteiger partial charge in [0.25, 0.3) is 0 Å². The van der Waals surface area contributed by atoms with E-state index in [0.717, 1.165) is 37.0 Å². The van der Waals surface area contributed by atoms with Crippen LogP contribution in [0.25, 0.3) is 11.0 Å². The Labute approximate surface area is 107 Å². The predicted molar refractivity (Wildman–Crippen MR) is 72.0 cm³/mol. The molecule has 18 heavy (non-hydrogen) atoms. The quantitative estimate of drug-likeness (QED) is 0.440. The van der Waals surface area contributed by atoms with E-state index in [9.17, 15) is 0 Å². The molecule has 0 spiro atoms. The summed E-state index contributed by atoms with van der Waals surface area (Å²) in [7, 11) is 1.72. The lowest BCUT2D eigenvalue weighted by Crippen LogP contribution is -2.38. The van der Waals surface area contributed by atoms with Crippen molar-refractivity contribution in [1.29, 1.82) is 0 Å². The van der Waals surface area contributed by atoms with E-state index in [0.29, 0.717) is 0 Å². The fraction of sp³-hybridized carbons (Fsp3) is 0.462. The molecule has 98 valence electrons. The fourth-order valence-corrected chi connectivity index (χ4v) is 2.09. The largest absolute Gasteiger partial charge is 0.385 e. The summed E-state index contributed by atoms with van der Waals surface area (Å²) in [5.74, 6) is 5.59. The normalized spacial score (nSPS) is 13.0. The lowest BCUT2D eigenvalue weighted by molar-refractivity contribution is 0.187. The zero-order chi connectivity index (χ0) is 12.8. The van der Waals surface area contributed by atoms with Crippen molar-refractivity contribution in [2.75, 3.05) is 13.7 Å². The number of imidazole rings is 1. The van der Waals surface area contributed by atoms with Crippen LogP contribution in [0.2, 0.25) is 0 Å². The van der Waals surface area contributed by atoms with E-state index >= 15 is 0 Å². The highest BCUT2D eigenvalue weighted by atomic mass is 16.5. The highest BCUT2D eigenvalue weighted by molar-refractivity contribution is 5.74. The van der Waals surface area contributed by atoms with Crippen LogP contribution in [0.3, 0.4) is 0 Å². The zero-order valence-electron chi connectivity index (χ0n) is 10.7. The minimum atomic E-state index is 0.234. The Balaban J connectivity index is 2.02. The van der Waals surface area contributed by atoms with Crippen LogP contribution in [-0.2, 0) is 11.3 Å². The van der Waals surface area contributed by atoms with Crippen molar-refractivity contribution in [3.63, 3.8) is 0 Å². The Morgan fingerprint density at radius 2 is 2.28 bits per heavy atom. The number of aromatic nitrogens is 2. The van der Waals surface area contributed by atoms with Gasteiger partial charge in [0.1, 0.15) is 0 Å². The van der Waals surface area contributed by atoms with Crippen LogP contribution in [0.5, 0.6) is 0 Å². The number of ether oxygens (including phenoxy) is 1. The topological polar surface area (TPSA) is 65.1 Å². The molecular weight excluding hydrogens is 228 g/mol. The number of para-hydroxylation sites is 2. The van der Waals surface area contributed by atoms with Gasteiger partial charge in [0.2, 0.25) is 0 Å².